The molecule has 2 aromatic carbocycles. The zero-order valence-corrected chi connectivity index (χ0v) is 16.5. The summed E-state index contributed by atoms with van der Waals surface area (Å²) in [5.74, 6) is 0.630. The molecule has 0 aromatic heterocycles. The van der Waals surface area contributed by atoms with E-state index in [0.717, 1.165) is 6.54 Å². The van der Waals surface area contributed by atoms with Crippen LogP contribution >= 0.6 is 0 Å². The molecule has 0 aliphatic rings. The summed E-state index contributed by atoms with van der Waals surface area (Å²) < 4.78 is 24.6. The van der Waals surface area contributed by atoms with Gasteiger partial charge in [-0.1, -0.05) is 0 Å². The maximum atomic E-state index is 12.8. The second-order valence-corrected chi connectivity index (χ2v) is 7.54. The molecule has 0 heterocycles. The molecule has 7 heteroatoms. The maximum absolute atomic E-state index is 12.8. The molecule has 0 unspecified atom stereocenters. The summed E-state index contributed by atoms with van der Waals surface area (Å²) in [6.07, 6.45) is -0.192. The molecule has 2 N–H and O–H groups in total. The number of aliphatic imine (C=N–C) groups is 1. The number of halogens is 1. The lowest BCUT2D eigenvalue weighted by Crippen LogP contribution is -2.38. The molecular formula is C21H28FN2O4+. The number of benzene rings is 2. The predicted octanol–water partition coefficient (Wildman–Crippen LogP) is 1.86. The molecular weight excluding hydrogens is 363 g/mol. The van der Waals surface area contributed by atoms with Crippen LogP contribution in [0.1, 0.15) is 6.42 Å². The van der Waals surface area contributed by atoms with Gasteiger partial charge in [0.25, 0.3) is 0 Å². The van der Waals surface area contributed by atoms with E-state index in [2.05, 4.69) is 4.99 Å². The molecule has 0 aliphatic heterocycles. The van der Waals surface area contributed by atoms with Crippen molar-refractivity contribution in [2.45, 2.75) is 12.5 Å². The topological polar surface area (TPSA) is 76.8 Å². The van der Waals surface area contributed by atoms with E-state index in [1.165, 1.54) is 24.3 Å². The number of nitrogens with zero attached hydrogens (tertiary/aromatic N) is 2. The third-order valence-electron chi connectivity index (χ3n) is 3.80. The van der Waals surface area contributed by atoms with Gasteiger partial charge in [0.2, 0.25) is 6.10 Å². The Morgan fingerprint density at radius 3 is 2.00 bits per heavy atom. The van der Waals surface area contributed by atoms with Gasteiger partial charge in [-0.05, 0) is 54.4 Å². The van der Waals surface area contributed by atoms with Crippen LogP contribution in [0.15, 0.2) is 53.5 Å². The Morgan fingerprint density at radius 1 is 1.00 bits per heavy atom. The molecule has 0 fully saturated rings. The standard InChI is InChI=1S/C21H27FN2O4/c1-24(2,3)13-12-21(26)23-17-6-10-20(11-7-17)28-15-18(25)14-27-19-8-4-16(22)5-9-19/h4-11,18,25H,12-15H2,1-3H3/p+1/t18-/m1/s1. The van der Waals surface area contributed by atoms with Crippen molar-refractivity contribution < 1.29 is 28.6 Å². The molecule has 0 aliphatic carbocycles. The van der Waals surface area contributed by atoms with Crippen molar-refractivity contribution in [3.63, 3.8) is 0 Å². The Hall–Kier alpha value is -2.64. The number of hydrogen-bond donors (Lipinski definition) is 0. The first-order valence-corrected chi connectivity index (χ1v) is 9.09. The molecule has 0 amide bonds. The van der Waals surface area contributed by atoms with Crippen LogP contribution in [0.5, 0.6) is 11.5 Å². The highest BCUT2D eigenvalue weighted by Crippen LogP contribution is 2.19. The molecule has 28 heavy (non-hydrogen) atoms. The van der Waals surface area contributed by atoms with Crippen LogP contribution in [-0.2, 0) is 0 Å². The second-order valence-electron chi connectivity index (χ2n) is 7.54. The Kier molecular flexibility index (Phi) is 7.78. The van der Waals surface area contributed by atoms with E-state index < -0.39 is 6.10 Å². The lowest BCUT2D eigenvalue weighted by atomic mass is 10.3. The van der Waals surface area contributed by atoms with E-state index in [1.54, 1.807) is 24.3 Å². The third kappa shape index (κ3) is 8.37. The lowest BCUT2D eigenvalue weighted by Gasteiger charge is -2.25. The van der Waals surface area contributed by atoms with Gasteiger partial charge in [0.1, 0.15) is 17.3 Å². The van der Waals surface area contributed by atoms with Gasteiger partial charge in [0.15, 0.2) is 13.2 Å². The van der Waals surface area contributed by atoms with Crippen molar-refractivity contribution in [3.8, 4) is 11.5 Å². The molecule has 2 rings (SSSR count). The fourth-order valence-electron chi connectivity index (χ4n) is 2.22. The number of quaternary nitrogens is 1. The molecule has 0 spiro atoms. The Balaban J connectivity index is 1.76. The van der Waals surface area contributed by atoms with Crippen LogP contribution in [0.3, 0.4) is 0 Å². The first kappa shape index (κ1) is 21.7. The zero-order chi connectivity index (χ0) is 20.6. The van der Waals surface area contributed by atoms with Crippen LogP contribution in [0.25, 0.3) is 0 Å². The van der Waals surface area contributed by atoms with E-state index in [9.17, 15) is 9.50 Å². The molecule has 0 radical (unpaired) electrons. The SMILES string of the molecule is C[N+](C)(C)CCC([O-])=Nc1ccc(OC[C@H]([OH2+])COc2ccc(F)cc2)cc1. The molecule has 0 saturated carbocycles. The van der Waals surface area contributed by atoms with Crippen molar-refractivity contribution in [1.29, 1.82) is 0 Å². The zero-order valence-electron chi connectivity index (χ0n) is 16.5. The summed E-state index contributed by atoms with van der Waals surface area (Å²) in [4.78, 5) is 4.08. The lowest BCUT2D eigenvalue weighted by molar-refractivity contribution is -0.869. The molecule has 1 atom stereocenters. The van der Waals surface area contributed by atoms with Crippen LogP contribution < -0.4 is 14.6 Å². The molecule has 152 valence electrons. The van der Waals surface area contributed by atoms with Crippen LogP contribution in [0.4, 0.5) is 10.1 Å². The first-order chi connectivity index (χ1) is 13.2. The van der Waals surface area contributed by atoms with Gasteiger partial charge in [-0.2, -0.15) is 0 Å². The van der Waals surface area contributed by atoms with E-state index in [1.807, 2.05) is 21.1 Å². The van der Waals surface area contributed by atoms with Crippen LogP contribution in [0, 0.1) is 5.82 Å². The van der Waals surface area contributed by atoms with E-state index in [4.69, 9.17) is 14.6 Å². The number of ether oxygens (including phenoxy) is 2. The normalized spacial score (nSPS) is 13.2. The van der Waals surface area contributed by atoms with Gasteiger partial charge in [0.05, 0.1) is 33.4 Å². The van der Waals surface area contributed by atoms with Gasteiger partial charge in [-0.3, -0.25) is 4.99 Å². The first-order valence-electron chi connectivity index (χ1n) is 9.09. The Labute approximate surface area is 165 Å². The minimum absolute atomic E-state index is 0.139. The average molecular weight is 391 g/mol. The smallest absolute Gasteiger partial charge is 0.222 e. The fraction of sp³-hybridized carbons (Fsp3) is 0.381. The number of rotatable bonds is 10. The van der Waals surface area contributed by atoms with Gasteiger partial charge in [-0.25, -0.2) is 4.39 Å². The van der Waals surface area contributed by atoms with Crippen molar-refractivity contribution in [3.05, 3.63) is 54.3 Å². The fourth-order valence-corrected chi connectivity index (χ4v) is 2.22. The molecule has 2 aromatic rings. The minimum Gasteiger partial charge on any atom is -0.862 e. The van der Waals surface area contributed by atoms with Gasteiger partial charge in [0, 0.05) is 6.42 Å². The summed E-state index contributed by atoms with van der Waals surface area (Å²) in [6.45, 7) is 1.02. The minimum atomic E-state index is -0.591. The highest BCUT2D eigenvalue weighted by molar-refractivity contribution is 5.75. The van der Waals surface area contributed by atoms with Crippen molar-refractivity contribution in [2.24, 2.45) is 4.99 Å². The second kappa shape index (κ2) is 10.1. The average Bonchev–Trinajstić information content (AvgIpc) is 2.65. The van der Waals surface area contributed by atoms with Gasteiger partial charge in [-0.15, -0.1) is 0 Å². The largest absolute Gasteiger partial charge is 0.862 e. The quantitative estimate of drug-likeness (QED) is 0.268. The Morgan fingerprint density at radius 2 is 1.50 bits per heavy atom. The van der Waals surface area contributed by atoms with E-state index in [-0.39, 0.29) is 24.9 Å². The van der Waals surface area contributed by atoms with E-state index in [0.29, 0.717) is 28.1 Å². The molecule has 0 bridgehead atoms. The predicted molar refractivity (Wildman–Crippen MR) is 106 cm³/mol. The summed E-state index contributed by atoms with van der Waals surface area (Å²) >= 11 is 0. The molecule has 6 nitrogen and oxygen atoms in total. The number of hydrogen-bond acceptors (Lipinski definition) is 4. The summed E-state index contributed by atoms with van der Waals surface area (Å²) in [7, 11) is 6.09. The highest BCUT2D eigenvalue weighted by Gasteiger charge is 2.11. The monoisotopic (exact) mass is 391 g/mol. The summed E-state index contributed by atoms with van der Waals surface area (Å²) in [5.41, 5.74) is 0.584. The Bertz CT molecular complexity index is 755. The van der Waals surface area contributed by atoms with Crippen LogP contribution in [0.2, 0.25) is 0 Å². The summed E-state index contributed by atoms with van der Waals surface area (Å²) in [6, 6.07) is 12.5. The summed E-state index contributed by atoms with van der Waals surface area (Å²) in [5, 5.41) is 19.9. The van der Waals surface area contributed by atoms with Crippen LogP contribution in [-0.4, -0.2) is 62.5 Å². The van der Waals surface area contributed by atoms with Gasteiger partial charge < -0.3 is 24.2 Å². The van der Waals surface area contributed by atoms with Gasteiger partial charge >= 0.3 is 0 Å². The van der Waals surface area contributed by atoms with Crippen molar-refractivity contribution in [2.75, 3.05) is 40.9 Å². The van der Waals surface area contributed by atoms with Crippen molar-refractivity contribution in [1.82, 2.24) is 0 Å². The van der Waals surface area contributed by atoms with E-state index >= 15 is 0 Å². The molecule has 0 saturated heterocycles. The van der Waals surface area contributed by atoms with Crippen molar-refractivity contribution >= 4 is 11.6 Å². The maximum Gasteiger partial charge on any atom is 0.222 e. The highest BCUT2D eigenvalue weighted by atomic mass is 19.1. The third-order valence-corrected chi connectivity index (χ3v) is 3.80.